The SMILES string of the molecule is CCC#CCOc1ncnc(C2CCCCC2)c1Cl. The smallest absolute Gasteiger partial charge is 0.236 e. The first kappa shape index (κ1) is 14.1. The molecule has 0 aliphatic heterocycles. The molecule has 1 aromatic rings. The van der Waals surface area contributed by atoms with Crippen LogP contribution in [0.5, 0.6) is 5.88 Å². The van der Waals surface area contributed by atoms with Crippen molar-refractivity contribution in [2.75, 3.05) is 6.61 Å². The Hall–Kier alpha value is -1.27. The van der Waals surface area contributed by atoms with E-state index in [1.165, 1.54) is 19.3 Å². The molecule has 0 N–H and O–H groups in total. The van der Waals surface area contributed by atoms with Crippen LogP contribution in [0.4, 0.5) is 0 Å². The van der Waals surface area contributed by atoms with E-state index in [4.69, 9.17) is 16.3 Å². The molecule has 19 heavy (non-hydrogen) atoms. The number of aromatic nitrogens is 2. The van der Waals surface area contributed by atoms with E-state index >= 15 is 0 Å². The van der Waals surface area contributed by atoms with Crippen molar-refractivity contribution in [3.63, 3.8) is 0 Å². The highest BCUT2D eigenvalue weighted by molar-refractivity contribution is 6.32. The topological polar surface area (TPSA) is 35.0 Å². The maximum Gasteiger partial charge on any atom is 0.236 e. The summed E-state index contributed by atoms with van der Waals surface area (Å²) in [5, 5.41) is 0.563. The molecule has 0 amide bonds. The third-order valence-corrected chi connectivity index (χ3v) is 3.71. The van der Waals surface area contributed by atoms with Gasteiger partial charge in [0.15, 0.2) is 6.61 Å². The number of ether oxygens (including phenoxy) is 1. The first-order chi connectivity index (χ1) is 9.33. The molecular weight excluding hydrogens is 260 g/mol. The molecule has 1 heterocycles. The largest absolute Gasteiger partial charge is 0.463 e. The fourth-order valence-electron chi connectivity index (χ4n) is 2.41. The maximum absolute atomic E-state index is 6.36. The summed E-state index contributed by atoms with van der Waals surface area (Å²) in [6.45, 7) is 2.33. The van der Waals surface area contributed by atoms with Crippen LogP contribution in [0.2, 0.25) is 5.02 Å². The Kier molecular flexibility index (Phi) is 5.47. The van der Waals surface area contributed by atoms with Gasteiger partial charge in [-0.2, -0.15) is 0 Å². The van der Waals surface area contributed by atoms with Gasteiger partial charge in [0.2, 0.25) is 5.88 Å². The summed E-state index contributed by atoms with van der Waals surface area (Å²) < 4.78 is 5.51. The fraction of sp³-hybridized carbons (Fsp3) is 0.600. The second-order valence-electron chi connectivity index (χ2n) is 4.71. The van der Waals surface area contributed by atoms with Gasteiger partial charge in [-0.25, -0.2) is 9.97 Å². The summed E-state index contributed by atoms with van der Waals surface area (Å²) in [5.41, 5.74) is 0.940. The predicted octanol–water partition coefficient (Wildman–Crippen LogP) is 3.97. The molecule has 0 aromatic carbocycles. The molecule has 3 nitrogen and oxygen atoms in total. The summed E-state index contributed by atoms with van der Waals surface area (Å²) in [4.78, 5) is 8.45. The summed E-state index contributed by atoms with van der Waals surface area (Å²) in [7, 11) is 0. The lowest BCUT2D eigenvalue weighted by Gasteiger charge is -2.22. The van der Waals surface area contributed by atoms with Crippen molar-refractivity contribution < 1.29 is 4.74 Å². The summed E-state index contributed by atoms with van der Waals surface area (Å²) in [6.07, 6.45) is 8.51. The molecule has 0 saturated heterocycles. The number of rotatable bonds is 3. The van der Waals surface area contributed by atoms with E-state index in [-0.39, 0.29) is 0 Å². The second-order valence-corrected chi connectivity index (χ2v) is 5.09. The van der Waals surface area contributed by atoms with E-state index in [0.29, 0.717) is 23.4 Å². The van der Waals surface area contributed by atoms with Crippen LogP contribution in [0, 0.1) is 11.8 Å². The van der Waals surface area contributed by atoms with Crippen molar-refractivity contribution in [3.05, 3.63) is 17.0 Å². The fourth-order valence-corrected chi connectivity index (χ4v) is 2.71. The zero-order valence-electron chi connectivity index (χ0n) is 11.3. The average Bonchev–Trinajstić information content (AvgIpc) is 2.46. The number of hydrogen-bond donors (Lipinski definition) is 0. The van der Waals surface area contributed by atoms with Gasteiger partial charge < -0.3 is 4.74 Å². The molecule has 1 aliphatic carbocycles. The summed E-state index contributed by atoms with van der Waals surface area (Å²) in [6, 6.07) is 0. The lowest BCUT2D eigenvalue weighted by Crippen LogP contribution is -2.09. The predicted molar refractivity (Wildman–Crippen MR) is 76.4 cm³/mol. The van der Waals surface area contributed by atoms with Crippen LogP contribution in [0.25, 0.3) is 0 Å². The van der Waals surface area contributed by atoms with Gasteiger partial charge in [-0.05, 0) is 12.8 Å². The van der Waals surface area contributed by atoms with Gasteiger partial charge in [0.1, 0.15) is 11.3 Å². The number of nitrogens with zero attached hydrogens (tertiary/aromatic N) is 2. The van der Waals surface area contributed by atoms with E-state index in [1.54, 1.807) is 6.33 Å². The van der Waals surface area contributed by atoms with Crippen LogP contribution in [0.1, 0.15) is 57.1 Å². The van der Waals surface area contributed by atoms with Crippen molar-refractivity contribution >= 4 is 11.6 Å². The van der Waals surface area contributed by atoms with Crippen LogP contribution in [-0.2, 0) is 0 Å². The molecule has 102 valence electrons. The second kappa shape index (κ2) is 7.35. The first-order valence-corrected chi connectivity index (χ1v) is 7.29. The molecular formula is C15H19ClN2O. The van der Waals surface area contributed by atoms with Crippen LogP contribution >= 0.6 is 11.6 Å². The van der Waals surface area contributed by atoms with Crippen LogP contribution in [-0.4, -0.2) is 16.6 Å². The molecule has 0 atom stereocenters. The minimum Gasteiger partial charge on any atom is -0.463 e. The Bertz CT molecular complexity index is 473. The molecule has 2 rings (SSSR count). The third kappa shape index (κ3) is 3.84. The van der Waals surface area contributed by atoms with Crippen LogP contribution in [0.15, 0.2) is 6.33 Å². The minimum absolute atomic E-state index is 0.328. The minimum atomic E-state index is 0.328. The zero-order valence-corrected chi connectivity index (χ0v) is 12.0. The molecule has 4 heteroatoms. The quantitative estimate of drug-likeness (QED) is 0.785. The van der Waals surface area contributed by atoms with Gasteiger partial charge in [0.05, 0.1) is 5.69 Å². The Balaban J connectivity index is 2.08. The van der Waals surface area contributed by atoms with Gasteiger partial charge in [-0.15, -0.1) is 5.92 Å². The Morgan fingerprint density at radius 3 is 2.79 bits per heavy atom. The third-order valence-electron chi connectivity index (χ3n) is 3.36. The van der Waals surface area contributed by atoms with Gasteiger partial charge in [-0.3, -0.25) is 0 Å². The number of halogens is 1. The van der Waals surface area contributed by atoms with Crippen molar-refractivity contribution in [1.82, 2.24) is 9.97 Å². The van der Waals surface area contributed by atoms with Crippen molar-refractivity contribution in [2.45, 2.75) is 51.4 Å². The van der Waals surface area contributed by atoms with Crippen LogP contribution in [0.3, 0.4) is 0 Å². The Morgan fingerprint density at radius 2 is 2.05 bits per heavy atom. The van der Waals surface area contributed by atoms with Crippen molar-refractivity contribution in [3.8, 4) is 17.7 Å². The highest BCUT2D eigenvalue weighted by atomic mass is 35.5. The molecule has 0 spiro atoms. The van der Waals surface area contributed by atoms with E-state index in [9.17, 15) is 0 Å². The van der Waals surface area contributed by atoms with Gasteiger partial charge >= 0.3 is 0 Å². The molecule has 1 saturated carbocycles. The lowest BCUT2D eigenvalue weighted by molar-refractivity contribution is 0.351. The van der Waals surface area contributed by atoms with Crippen molar-refractivity contribution in [2.24, 2.45) is 0 Å². The monoisotopic (exact) mass is 278 g/mol. The highest BCUT2D eigenvalue weighted by Crippen LogP contribution is 2.37. The lowest BCUT2D eigenvalue weighted by atomic mass is 9.87. The van der Waals surface area contributed by atoms with Gasteiger partial charge in [-0.1, -0.05) is 43.7 Å². The molecule has 0 radical (unpaired) electrons. The highest BCUT2D eigenvalue weighted by Gasteiger charge is 2.21. The molecule has 1 aliphatic rings. The Morgan fingerprint density at radius 1 is 1.26 bits per heavy atom. The molecule has 0 unspecified atom stereocenters. The van der Waals surface area contributed by atoms with Gasteiger partial charge in [0.25, 0.3) is 0 Å². The van der Waals surface area contributed by atoms with E-state index in [0.717, 1.165) is 25.0 Å². The van der Waals surface area contributed by atoms with E-state index in [2.05, 4.69) is 21.8 Å². The number of hydrogen-bond acceptors (Lipinski definition) is 3. The Labute approximate surface area is 119 Å². The first-order valence-electron chi connectivity index (χ1n) is 6.91. The summed E-state index contributed by atoms with van der Waals surface area (Å²) in [5.74, 6) is 6.79. The molecule has 0 bridgehead atoms. The van der Waals surface area contributed by atoms with Gasteiger partial charge in [0, 0.05) is 12.3 Å². The van der Waals surface area contributed by atoms with Crippen molar-refractivity contribution in [1.29, 1.82) is 0 Å². The van der Waals surface area contributed by atoms with Crippen LogP contribution < -0.4 is 4.74 Å². The summed E-state index contributed by atoms with van der Waals surface area (Å²) >= 11 is 6.36. The zero-order chi connectivity index (χ0) is 13.5. The standard InChI is InChI=1S/C15H19ClN2O/c1-2-3-7-10-19-15-13(16)14(17-11-18-15)12-8-5-4-6-9-12/h11-12H,2,4-6,8-10H2,1H3. The molecule has 1 fully saturated rings. The maximum atomic E-state index is 6.36. The normalized spacial score (nSPS) is 15.7. The van der Waals surface area contributed by atoms with E-state index in [1.807, 2.05) is 6.92 Å². The molecule has 1 aromatic heterocycles. The average molecular weight is 279 g/mol. The van der Waals surface area contributed by atoms with E-state index < -0.39 is 0 Å².